The molecule has 0 aliphatic rings. The van der Waals surface area contributed by atoms with Gasteiger partial charge in [0, 0.05) is 0 Å². The Labute approximate surface area is 301 Å². The second-order valence-electron chi connectivity index (χ2n) is 12.7. The maximum absolute atomic E-state index is 10.2. The van der Waals surface area contributed by atoms with E-state index in [1.54, 1.807) is 0 Å². The highest BCUT2D eigenvalue weighted by Gasteiger charge is 2.19. The van der Waals surface area contributed by atoms with Crippen LogP contribution in [-0.2, 0) is 0 Å². The van der Waals surface area contributed by atoms with E-state index in [9.17, 15) is 6.85 Å². The molecule has 10 rings (SSSR count). The Balaban J connectivity index is 1.39. The van der Waals surface area contributed by atoms with E-state index >= 15 is 0 Å². The van der Waals surface area contributed by atoms with Crippen molar-refractivity contribution in [3.05, 3.63) is 194 Å². The third-order valence-electron chi connectivity index (χ3n) is 9.87. The van der Waals surface area contributed by atoms with Gasteiger partial charge in [0.15, 0.2) is 0 Å². The van der Waals surface area contributed by atoms with E-state index in [0.717, 1.165) is 43.4 Å². The molecule has 0 amide bonds. The van der Waals surface area contributed by atoms with Gasteiger partial charge in [-0.1, -0.05) is 182 Å². The molecule has 0 atom stereocenters. The van der Waals surface area contributed by atoms with Crippen molar-refractivity contribution in [1.29, 1.82) is 0 Å². The molecule has 0 heteroatoms. The lowest BCUT2D eigenvalue weighted by Gasteiger charge is -2.20. The van der Waals surface area contributed by atoms with Crippen molar-refractivity contribution < 1.29 is 9.60 Å². The van der Waals surface area contributed by atoms with Crippen LogP contribution in [0.5, 0.6) is 0 Å². The van der Waals surface area contributed by atoms with E-state index in [1.165, 1.54) is 0 Å². The third kappa shape index (κ3) is 4.61. The van der Waals surface area contributed by atoms with Crippen LogP contribution < -0.4 is 0 Å². The lowest BCUT2D eigenvalue weighted by atomic mass is 9.83. The summed E-state index contributed by atoms with van der Waals surface area (Å²) < 4.78 is 66.5. The number of fused-ring (bicyclic) bond motifs is 5. The van der Waals surface area contributed by atoms with Crippen LogP contribution in [-0.4, -0.2) is 0 Å². The third-order valence-corrected chi connectivity index (χ3v) is 9.87. The van der Waals surface area contributed by atoms with Crippen molar-refractivity contribution in [3.63, 3.8) is 0 Å². The molecule has 50 heavy (non-hydrogen) atoms. The van der Waals surface area contributed by atoms with Crippen LogP contribution in [0.1, 0.15) is 9.60 Å². The van der Waals surface area contributed by atoms with Gasteiger partial charge in [0.1, 0.15) is 0 Å². The van der Waals surface area contributed by atoms with E-state index < -0.39 is 0 Å². The van der Waals surface area contributed by atoms with Gasteiger partial charge in [0.05, 0.1) is 9.60 Å². The summed E-state index contributed by atoms with van der Waals surface area (Å²) in [5.41, 5.74) is 5.07. The molecule has 0 aliphatic heterocycles. The van der Waals surface area contributed by atoms with E-state index in [4.69, 9.17) is 2.74 Å². The van der Waals surface area contributed by atoms with E-state index in [-0.39, 0.29) is 53.1 Å². The summed E-state index contributed by atoms with van der Waals surface area (Å²) in [5.74, 6) is 0. The van der Waals surface area contributed by atoms with Crippen molar-refractivity contribution in [1.82, 2.24) is 0 Å². The number of rotatable bonds is 4. The van der Waals surface area contributed by atoms with Crippen molar-refractivity contribution in [2.75, 3.05) is 0 Å². The summed E-state index contributed by atoms with van der Waals surface area (Å²) in [5, 5.41) is 6.99. The molecule has 0 fully saturated rings. The van der Waals surface area contributed by atoms with Gasteiger partial charge in [-0.15, -0.1) is 0 Å². The first-order valence-corrected chi connectivity index (χ1v) is 16.8. The fraction of sp³-hybridized carbons (Fsp3) is 0. The second kappa shape index (κ2) is 11.6. The minimum absolute atomic E-state index is 0.0219. The lowest BCUT2D eigenvalue weighted by Crippen LogP contribution is -1.93. The van der Waals surface area contributed by atoms with Gasteiger partial charge in [0.25, 0.3) is 0 Å². The molecule has 0 spiro atoms. The van der Waals surface area contributed by atoms with Gasteiger partial charge < -0.3 is 0 Å². The fourth-order valence-electron chi connectivity index (χ4n) is 7.50. The number of hydrogen-bond acceptors (Lipinski definition) is 0. The smallest absolute Gasteiger partial charge is 0.0616 e. The molecule has 0 aromatic heterocycles. The largest absolute Gasteiger partial charge is 0.0636 e. The highest BCUT2D eigenvalue weighted by molar-refractivity contribution is 6.24. The molecule has 0 heterocycles. The van der Waals surface area contributed by atoms with Crippen molar-refractivity contribution in [2.24, 2.45) is 0 Å². The Bertz CT molecular complexity index is 3300. The molecule has 0 bridgehead atoms. The minimum atomic E-state index is -0.388. The van der Waals surface area contributed by atoms with Crippen LogP contribution in [0.3, 0.4) is 0 Å². The highest BCUT2D eigenvalue weighted by Crippen LogP contribution is 2.47. The summed E-state index contributed by atoms with van der Waals surface area (Å²) in [6.07, 6.45) is 0. The molecular weight excluding hydrogens is 601 g/mol. The molecule has 10 aromatic carbocycles. The van der Waals surface area contributed by atoms with Crippen molar-refractivity contribution in [2.45, 2.75) is 0 Å². The zero-order valence-corrected chi connectivity index (χ0v) is 26.9. The molecule has 10 aromatic rings. The Morgan fingerprint density at radius 3 is 1.58 bits per heavy atom. The summed E-state index contributed by atoms with van der Waals surface area (Å²) in [7, 11) is 0. The molecule has 0 N–H and O–H groups in total. The topological polar surface area (TPSA) is 0 Å². The maximum atomic E-state index is 10.2. The SMILES string of the molecule is [2H]c1c([2H])c([2H])c2c(-c3cccc4ccccc34)c3c([2H])c(-c4cccc5ccccc45)c([2H])c([2H])c3c(-c3ccc(-c4ccc5ccccc5c4)cc3)c2c1[2H]. The summed E-state index contributed by atoms with van der Waals surface area (Å²) in [4.78, 5) is 0. The lowest BCUT2D eigenvalue weighted by molar-refractivity contribution is 1.62. The quantitative estimate of drug-likeness (QED) is 0.168. The highest BCUT2D eigenvalue weighted by atomic mass is 14.2. The average Bonchev–Trinajstić information content (AvgIpc) is 3.25. The van der Waals surface area contributed by atoms with Gasteiger partial charge in [-0.25, -0.2) is 0 Å². The molecule has 0 radical (unpaired) electrons. The van der Waals surface area contributed by atoms with Crippen LogP contribution in [0.25, 0.3) is 98.4 Å². The van der Waals surface area contributed by atoms with Gasteiger partial charge >= 0.3 is 0 Å². The number of hydrogen-bond donors (Lipinski definition) is 0. The Morgan fingerprint density at radius 2 is 0.840 bits per heavy atom. The Kier molecular flexibility index (Phi) is 5.14. The van der Waals surface area contributed by atoms with Gasteiger partial charge in [-0.3, -0.25) is 0 Å². The first-order valence-electron chi connectivity index (χ1n) is 20.3. The molecule has 0 aliphatic carbocycles. The Hall–Kier alpha value is -6.50. The molecule has 0 unspecified atom stereocenters. The number of benzene rings is 10. The van der Waals surface area contributed by atoms with Crippen LogP contribution in [0.2, 0.25) is 0 Å². The zero-order chi connectivity index (χ0) is 39.1. The second-order valence-corrected chi connectivity index (χ2v) is 12.7. The standard InChI is InChI=1S/C50H32/c1-2-14-38-31-39(28-25-33(38)11-1)34-23-26-37(27-24-34)49-45-19-7-8-20-46(45)50(44-22-10-16-36-13-4-6-18-42(36)44)48-32-40(29-30-47(48)49)43-21-9-15-35-12-3-5-17-41(35)43/h1-32H/i7D,8D,19D,20D,29D,30D,32D. The monoisotopic (exact) mass is 639 g/mol. The molecule has 0 nitrogen and oxygen atoms in total. The van der Waals surface area contributed by atoms with Crippen LogP contribution in [0.15, 0.2) is 194 Å². The van der Waals surface area contributed by atoms with E-state index in [1.807, 2.05) is 121 Å². The fourth-order valence-corrected chi connectivity index (χ4v) is 7.50. The van der Waals surface area contributed by atoms with Crippen LogP contribution >= 0.6 is 0 Å². The molecule has 0 saturated carbocycles. The van der Waals surface area contributed by atoms with Gasteiger partial charge in [-0.05, 0) is 110 Å². The predicted molar refractivity (Wildman–Crippen MR) is 216 cm³/mol. The predicted octanol–water partition coefficient (Wildman–Crippen LogP) is 14.1. The Morgan fingerprint density at radius 1 is 0.300 bits per heavy atom. The van der Waals surface area contributed by atoms with Crippen LogP contribution in [0.4, 0.5) is 0 Å². The van der Waals surface area contributed by atoms with E-state index in [0.29, 0.717) is 44.2 Å². The molecular formula is C50H32. The zero-order valence-electron chi connectivity index (χ0n) is 33.9. The maximum Gasteiger partial charge on any atom is 0.0636 e. The average molecular weight is 640 g/mol. The first-order chi connectivity index (χ1) is 27.7. The van der Waals surface area contributed by atoms with Crippen molar-refractivity contribution in [3.8, 4) is 44.5 Å². The van der Waals surface area contributed by atoms with Gasteiger partial charge in [-0.2, -0.15) is 0 Å². The summed E-state index contributed by atoms with van der Waals surface area (Å²) in [6, 6.07) is 48.1. The van der Waals surface area contributed by atoms with Crippen LogP contribution in [0, 0.1) is 0 Å². The molecule has 0 saturated heterocycles. The van der Waals surface area contributed by atoms with Crippen molar-refractivity contribution >= 4 is 53.9 Å². The first kappa shape index (κ1) is 22.2. The van der Waals surface area contributed by atoms with E-state index in [2.05, 4.69) is 30.3 Å². The minimum Gasteiger partial charge on any atom is -0.0616 e. The molecule has 232 valence electrons. The van der Waals surface area contributed by atoms with Gasteiger partial charge in [0.2, 0.25) is 0 Å². The summed E-state index contributed by atoms with van der Waals surface area (Å²) >= 11 is 0. The normalized spacial score (nSPS) is 13.6. The summed E-state index contributed by atoms with van der Waals surface area (Å²) in [6.45, 7) is 0.